The zero-order valence-electron chi connectivity index (χ0n) is 23.7. The first-order chi connectivity index (χ1) is 20.5. The van der Waals surface area contributed by atoms with Gasteiger partial charge in [0.2, 0.25) is 15.9 Å². The monoisotopic (exact) mass is 641 g/mol. The third-order valence-electron chi connectivity index (χ3n) is 7.47. The number of aryl methyl sites for hydroxylation is 1. The van der Waals surface area contributed by atoms with Crippen molar-refractivity contribution >= 4 is 48.6 Å². The Morgan fingerprint density at radius 1 is 1.12 bits per heavy atom. The topological polar surface area (TPSA) is 155 Å². The summed E-state index contributed by atoms with van der Waals surface area (Å²) < 4.78 is 53.0. The van der Waals surface area contributed by atoms with E-state index in [1.165, 1.54) is 5.56 Å². The van der Waals surface area contributed by atoms with Crippen molar-refractivity contribution in [2.75, 3.05) is 38.6 Å². The predicted molar refractivity (Wildman–Crippen MR) is 168 cm³/mol. The fourth-order valence-electron chi connectivity index (χ4n) is 5.16. The van der Waals surface area contributed by atoms with Gasteiger partial charge in [-0.05, 0) is 58.0 Å². The molecule has 1 fully saturated rings. The number of hydrogen-bond donors (Lipinski definition) is 2. The summed E-state index contributed by atoms with van der Waals surface area (Å²) in [5.41, 5.74) is 5.35. The second-order valence-corrected chi connectivity index (χ2v) is 14.5. The Balaban J connectivity index is 1.49. The van der Waals surface area contributed by atoms with Crippen molar-refractivity contribution in [2.24, 2.45) is 5.14 Å². The van der Waals surface area contributed by atoms with Crippen LogP contribution < -0.4 is 10.5 Å². The number of primary sulfonamides is 1. The number of rotatable bonds is 11. The number of morpholine rings is 1. The number of carbonyl (C=O) groups excluding carboxylic acids is 1. The van der Waals surface area contributed by atoms with E-state index < -0.39 is 37.5 Å². The van der Waals surface area contributed by atoms with Gasteiger partial charge in [0.15, 0.2) is 4.75 Å². The van der Waals surface area contributed by atoms with Gasteiger partial charge in [-0.25, -0.2) is 18.5 Å². The summed E-state index contributed by atoms with van der Waals surface area (Å²) in [6.07, 6.45) is -0.179. The van der Waals surface area contributed by atoms with Gasteiger partial charge in [-0.15, -0.1) is 11.3 Å². The third kappa shape index (κ3) is 7.37. The molecule has 0 aliphatic carbocycles. The van der Waals surface area contributed by atoms with Gasteiger partial charge in [-0.3, -0.25) is 13.9 Å². The summed E-state index contributed by atoms with van der Waals surface area (Å²) in [6.45, 7) is 5.81. The van der Waals surface area contributed by atoms with E-state index in [2.05, 4.69) is 39.5 Å². The molecule has 3 N–H and O–H groups in total. The van der Waals surface area contributed by atoms with Crippen molar-refractivity contribution in [1.82, 2.24) is 15.2 Å². The molecule has 2 atom stereocenters. The molecule has 1 aliphatic rings. The number of nitrogens with one attached hydrogen (secondary N) is 1. The molecule has 43 heavy (non-hydrogen) atoms. The lowest BCUT2D eigenvalue weighted by Gasteiger charge is -2.32. The summed E-state index contributed by atoms with van der Waals surface area (Å²) in [5, 5.41) is 7.66. The molecule has 4 aromatic rings. The number of sulfonamides is 1. The number of nitrogens with two attached hydrogens (primary N) is 1. The van der Waals surface area contributed by atoms with E-state index in [9.17, 15) is 22.0 Å². The van der Waals surface area contributed by atoms with Crippen LogP contribution in [0.2, 0.25) is 0 Å². The van der Waals surface area contributed by atoms with Crippen LogP contribution in [0.1, 0.15) is 21.7 Å². The predicted octanol–water partition coefficient (Wildman–Crippen LogP) is 2.83. The van der Waals surface area contributed by atoms with Crippen LogP contribution in [0.5, 0.6) is 0 Å². The fourth-order valence-corrected chi connectivity index (χ4v) is 7.64. The first kappa shape index (κ1) is 31.4. The average molecular weight is 642 g/mol. The van der Waals surface area contributed by atoms with Crippen LogP contribution in [0.4, 0.5) is 0 Å². The summed E-state index contributed by atoms with van der Waals surface area (Å²) >= 11 is -1.82. The second kappa shape index (κ2) is 13.3. The number of hydrogen-bond acceptors (Lipinski definition) is 9. The quantitative estimate of drug-likeness (QED) is 0.237. The van der Waals surface area contributed by atoms with Crippen molar-refractivity contribution in [2.45, 2.75) is 24.6 Å². The molecule has 1 amide bonds. The highest BCUT2D eigenvalue weighted by molar-refractivity contribution is 7.89. The van der Waals surface area contributed by atoms with Gasteiger partial charge in [0, 0.05) is 32.6 Å². The lowest BCUT2D eigenvalue weighted by atomic mass is 9.97. The van der Waals surface area contributed by atoms with Crippen LogP contribution >= 0.6 is 11.3 Å². The number of ether oxygens (including phenoxy) is 1. The van der Waals surface area contributed by atoms with Gasteiger partial charge in [0.1, 0.15) is 5.01 Å². The van der Waals surface area contributed by atoms with E-state index in [4.69, 9.17) is 9.88 Å². The molecule has 228 valence electrons. The third-order valence-corrected chi connectivity index (χ3v) is 10.6. The second-order valence-electron chi connectivity index (χ2n) is 10.6. The van der Waals surface area contributed by atoms with Gasteiger partial charge >= 0.3 is 0 Å². The molecule has 0 bridgehead atoms. The highest BCUT2D eigenvalue weighted by Gasteiger charge is 2.45. The number of benzene rings is 3. The smallest absolute Gasteiger partial charge is 0.245 e. The summed E-state index contributed by atoms with van der Waals surface area (Å²) in [5.74, 6) is -1.39. The number of nitrogens with zero attached hydrogens (tertiary/aromatic N) is 2. The van der Waals surface area contributed by atoms with Crippen LogP contribution in [0.25, 0.3) is 21.3 Å². The van der Waals surface area contributed by atoms with Gasteiger partial charge in [-0.1, -0.05) is 54.6 Å². The molecule has 10 nitrogen and oxygen atoms in total. The van der Waals surface area contributed by atoms with E-state index in [-0.39, 0.29) is 18.0 Å². The van der Waals surface area contributed by atoms with Gasteiger partial charge in [-0.2, -0.15) is 0 Å². The van der Waals surface area contributed by atoms with E-state index in [0.717, 1.165) is 65.6 Å². The molecule has 0 radical (unpaired) electrons. The Morgan fingerprint density at radius 2 is 1.81 bits per heavy atom. The maximum Gasteiger partial charge on any atom is 0.245 e. The number of thiazole rings is 1. The van der Waals surface area contributed by atoms with Crippen LogP contribution in [0.15, 0.2) is 66.7 Å². The molecular weight excluding hydrogens is 609 g/mol. The Hall–Kier alpha value is -3.04. The lowest BCUT2D eigenvalue weighted by molar-refractivity contribution is -0.123. The Bertz CT molecular complexity index is 1720. The average Bonchev–Trinajstić information content (AvgIpc) is 3.39. The zero-order valence-corrected chi connectivity index (χ0v) is 26.1. The molecule has 1 aromatic heterocycles. The number of carbonyl (C=O) groups is 1. The maximum absolute atomic E-state index is 13.6. The summed E-state index contributed by atoms with van der Waals surface area (Å²) in [7, 11) is -3.87. The van der Waals surface area contributed by atoms with Gasteiger partial charge in [0.05, 0.1) is 29.2 Å². The Morgan fingerprint density at radius 3 is 2.47 bits per heavy atom. The summed E-state index contributed by atoms with van der Waals surface area (Å²) in [6, 6.07) is 21.0. The first-order valence-electron chi connectivity index (χ1n) is 13.8. The number of aromatic nitrogens is 1. The van der Waals surface area contributed by atoms with Crippen LogP contribution in [0.3, 0.4) is 0 Å². The van der Waals surface area contributed by atoms with Crippen molar-refractivity contribution in [3.05, 3.63) is 88.4 Å². The molecule has 1 saturated heterocycles. The molecule has 13 heteroatoms. The molecule has 2 heterocycles. The van der Waals surface area contributed by atoms with Crippen molar-refractivity contribution in [1.29, 1.82) is 0 Å². The molecule has 0 spiro atoms. The van der Waals surface area contributed by atoms with Gasteiger partial charge < -0.3 is 14.6 Å². The normalized spacial score (nSPS) is 16.5. The van der Waals surface area contributed by atoms with Crippen LogP contribution in [-0.4, -0.2) is 71.6 Å². The van der Waals surface area contributed by atoms with Crippen molar-refractivity contribution in [3.63, 3.8) is 0 Å². The van der Waals surface area contributed by atoms with E-state index in [0.29, 0.717) is 11.1 Å². The lowest BCUT2D eigenvalue weighted by Crippen LogP contribution is -2.50. The maximum atomic E-state index is 13.6. The van der Waals surface area contributed by atoms with Crippen LogP contribution in [-0.2, 0) is 48.3 Å². The van der Waals surface area contributed by atoms with Crippen molar-refractivity contribution in [3.8, 4) is 11.1 Å². The Kier molecular flexibility index (Phi) is 9.71. The molecule has 0 saturated carbocycles. The van der Waals surface area contributed by atoms with Gasteiger partial charge in [0.25, 0.3) is 0 Å². The van der Waals surface area contributed by atoms with Crippen molar-refractivity contribution < 1.29 is 26.7 Å². The largest absolute Gasteiger partial charge is 0.771 e. The van der Waals surface area contributed by atoms with E-state index in [1.54, 1.807) is 30.3 Å². The fraction of sp³-hybridized carbons (Fsp3) is 0.333. The molecular formula is C30H33N4O6S3-. The minimum Gasteiger partial charge on any atom is -0.771 e. The van der Waals surface area contributed by atoms with Crippen LogP contribution in [0, 0.1) is 6.92 Å². The summed E-state index contributed by atoms with van der Waals surface area (Å²) in [4.78, 5) is 20.6. The van der Waals surface area contributed by atoms with E-state index in [1.807, 2.05) is 19.1 Å². The minimum absolute atomic E-state index is 0.102. The highest BCUT2D eigenvalue weighted by Crippen LogP contribution is 2.39. The molecule has 2 unspecified atom stereocenters. The molecule has 1 aliphatic heterocycles. The first-order valence-corrected chi connectivity index (χ1v) is 17.4. The number of fused-ring (bicyclic) bond motifs is 1. The number of amides is 1. The SMILES string of the molecule is Cc1cc2nc(C(Cc3ccccc3)(C(=O)NCCS(N)(=O)=O)S(=O)[O-])sc2cc1-c1ccc(CN2CCOCC2)cc1. The molecule has 3 aromatic carbocycles. The highest BCUT2D eigenvalue weighted by atomic mass is 32.2. The minimum atomic E-state index is -3.87. The zero-order chi connectivity index (χ0) is 30.6. The molecule has 5 rings (SSSR count). The Labute approximate surface area is 257 Å². The standard InChI is InChI=1S/C30H34N4O6S3/c1-21-17-26-27(18-25(21)24-9-7-23(8-10-24)20-34-12-14-40-15-13-34)41-29(33-26)30(42(36)37,19-22-5-3-2-4-6-22)28(35)32-11-16-43(31,38)39/h2-10,17-18H,11-16,19-20H2,1H3,(H,32,35)(H,36,37)(H2,31,38,39)/p-1. The van der Waals surface area contributed by atoms with E-state index >= 15 is 0 Å².